The molecule has 0 saturated carbocycles. The van der Waals surface area contributed by atoms with Crippen molar-refractivity contribution in [3.63, 3.8) is 0 Å². The average Bonchev–Trinajstić information content (AvgIpc) is 2.38. The molecule has 88 valence electrons. The molecule has 3 nitrogen and oxygen atoms in total. The molecule has 0 bridgehead atoms. The van der Waals surface area contributed by atoms with Crippen LogP contribution >= 0.6 is 0 Å². The van der Waals surface area contributed by atoms with Crippen molar-refractivity contribution >= 4 is 0 Å². The molecule has 1 aromatic carbocycles. The van der Waals surface area contributed by atoms with Gasteiger partial charge in [-0.1, -0.05) is 37.3 Å². The lowest BCUT2D eigenvalue weighted by Crippen LogP contribution is -2.44. The van der Waals surface area contributed by atoms with Crippen LogP contribution in [0.2, 0.25) is 0 Å². The van der Waals surface area contributed by atoms with Crippen LogP contribution in [0, 0.1) is 0 Å². The summed E-state index contributed by atoms with van der Waals surface area (Å²) in [6, 6.07) is 10.3. The molecule has 1 aromatic rings. The van der Waals surface area contributed by atoms with Crippen LogP contribution in [0.5, 0.6) is 0 Å². The van der Waals surface area contributed by atoms with Gasteiger partial charge in [0.2, 0.25) is 0 Å². The van der Waals surface area contributed by atoms with Crippen LogP contribution in [-0.4, -0.2) is 36.3 Å². The summed E-state index contributed by atoms with van der Waals surface area (Å²) in [4.78, 5) is 8.19. The lowest BCUT2D eigenvalue weighted by Gasteiger charge is -2.33. The molecular weight excluding hydrogens is 200 g/mol. The first kappa shape index (κ1) is 11.6. The minimum Gasteiger partial charge on any atom is -0.293 e. The fourth-order valence-electron chi connectivity index (χ4n) is 1.94. The predicted octanol–water partition coefficient (Wildman–Crippen LogP) is 2.10. The fourth-order valence-corrected chi connectivity index (χ4v) is 1.94. The second kappa shape index (κ2) is 5.99. The Kier molecular flexibility index (Phi) is 4.34. The molecule has 16 heavy (non-hydrogen) atoms. The minimum absolute atomic E-state index is 0.679. The van der Waals surface area contributed by atoms with Crippen molar-refractivity contribution in [2.24, 2.45) is 0 Å². The molecule has 0 unspecified atom stereocenters. The lowest BCUT2D eigenvalue weighted by molar-refractivity contribution is -0.205. The summed E-state index contributed by atoms with van der Waals surface area (Å²) in [5, 5.41) is 2.07. The number of hydroxylamine groups is 2. The van der Waals surface area contributed by atoms with Crippen LogP contribution in [0.25, 0.3) is 0 Å². The number of benzene rings is 1. The Morgan fingerprint density at radius 2 is 2.00 bits per heavy atom. The molecule has 1 heterocycles. The van der Waals surface area contributed by atoms with Crippen molar-refractivity contribution in [1.29, 1.82) is 0 Å². The van der Waals surface area contributed by atoms with Gasteiger partial charge in [-0.15, -0.1) is 0 Å². The van der Waals surface area contributed by atoms with Crippen molar-refractivity contribution in [2.75, 3.05) is 26.3 Å². The third-order valence-corrected chi connectivity index (χ3v) is 2.94. The number of hydrogen-bond donors (Lipinski definition) is 0. The predicted molar refractivity (Wildman–Crippen MR) is 64.7 cm³/mol. The quantitative estimate of drug-likeness (QED) is 0.773. The zero-order chi connectivity index (χ0) is 11.2. The molecule has 0 aliphatic carbocycles. The molecule has 0 amide bonds. The van der Waals surface area contributed by atoms with Gasteiger partial charge in [-0.2, -0.15) is 5.06 Å². The van der Waals surface area contributed by atoms with E-state index in [-0.39, 0.29) is 0 Å². The summed E-state index contributed by atoms with van der Waals surface area (Å²) in [6.45, 7) is 7.15. The molecule has 1 saturated heterocycles. The van der Waals surface area contributed by atoms with E-state index < -0.39 is 0 Å². The Labute approximate surface area is 97.6 Å². The van der Waals surface area contributed by atoms with Crippen molar-refractivity contribution in [3.8, 4) is 0 Å². The van der Waals surface area contributed by atoms with E-state index in [4.69, 9.17) is 4.84 Å². The molecule has 1 aliphatic heterocycles. The summed E-state index contributed by atoms with van der Waals surface area (Å²) >= 11 is 0. The second-order valence-electron chi connectivity index (χ2n) is 4.17. The molecule has 0 radical (unpaired) electrons. The summed E-state index contributed by atoms with van der Waals surface area (Å²) < 4.78 is 0. The van der Waals surface area contributed by atoms with Crippen molar-refractivity contribution in [1.82, 2.24) is 9.96 Å². The maximum Gasteiger partial charge on any atom is 0.0936 e. The Hall–Kier alpha value is -0.900. The lowest BCUT2D eigenvalue weighted by atomic mass is 10.2. The smallest absolute Gasteiger partial charge is 0.0936 e. The Balaban J connectivity index is 1.77. The summed E-state index contributed by atoms with van der Waals surface area (Å²) in [5.41, 5.74) is 1.23. The number of nitrogens with zero attached hydrogens (tertiary/aromatic N) is 2. The van der Waals surface area contributed by atoms with E-state index in [1.165, 1.54) is 18.5 Å². The Morgan fingerprint density at radius 3 is 2.75 bits per heavy atom. The largest absolute Gasteiger partial charge is 0.293 e. The van der Waals surface area contributed by atoms with E-state index in [2.05, 4.69) is 29.0 Å². The van der Waals surface area contributed by atoms with Gasteiger partial charge in [-0.3, -0.25) is 9.74 Å². The van der Waals surface area contributed by atoms with Gasteiger partial charge < -0.3 is 0 Å². The molecule has 3 heteroatoms. The Morgan fingerprint density at radius 1 is 1.19 bits per heavy atom. The van der Waals surface area contributed by atoms with E-state index in [1.54, 1.807) is 0 Å². The topological polar surface area (TPSA) is 15.7 Å². The zero-order valence-electron chi connectivity index (χ0n) is 9.93. The van der Waals surface area contributed by atoms with Crippen LogP contribution in [0.1, 0.15) is 18.9 Å². The highest BCUT2D eigenvalue weighted by atomic mass is 16.7. The Bertz CT molecular complexity index is 302. The molecule has 2 rings (SSSR count). The molecule has 0 atom stereocenters. The highest BCUT2D eigenvalue weighted by molar-refractivity contribution is 5.13. The van der Waals surface area contributed by atoms with Gasteiger partial charge in [0.15, 0.2) is 0 Å². The molecule has 1 aliphatic rings. The van der Waals surface area contributed by atoms with Crippen LogP contribution in [0.15, 0.2) is 30.3 Å². The third kappa shape index (κ3) is 3.30. The van der Waals surface area contributed by atoms with Gasteiger partial charge in [-0.25, -0.2) is 0 Å². The fraction of sp³-hybridized carbons (Fsp3) is 0.538. The van der Waals surface area contributed by atoms with Gasteiger partial charge in [-0.05, 0) is 18.5 Å². The van der Waals surface area contributed by atoms with Gasteiger partial charge in [0, 0.05) is 13.1 Å². The van der Waals surface area contributed by atoms with Crippen LogP contribution < -0.4 is 0 Å². The zero-order valence-corrected chi connectivity index (χ0v) is 9.93. The van der Waals surface area contributed by atoms with Gasteiger partial charge in [0.25, 0.3) is 0 Å². The second-order valence-corrected chi connectivity index (χ2v) is 4.17. The molecule has 0 aromatic heterocycles. The number of hydrogen-bond acceptors (Lipinski definition) is 3. The maximum absolute atomic E-state index is 5.79. The van der Waals surface area contributed by atoms with Gasteiger partial charge >= 0.3 is 0 Å². The summed E-state index contributed by atoms with van der Waals surface area (Å²) in [6.07, 6.45) is 1.20. The third-order valence-electron chi connectivity index (χ3n) is 2.94. The first-order valence-corrected chi connectivity index (χ1v) is 6.02. The summed E-state index contributed by atoms with van der Waals surface area (Å²) in [7, 11) is 0. The van der Waals surface area contributed by atoms with E-state index in [0.29, 0.717) is 6.61 Å². The average molecular weight is 220 g/mol. The highest BCUT2D eigenvalue weighted by Crippen LogP contribution is 2.08. The molecule has 0 N–H and O–H groups in total. The van der Waals surface area contributed by atoms with Crippen LogP contribution in [0.4, 0.5) is 0 Å². The van der Waals surface area contributed by atoms with E-state index in [9.17, 15) is 0 Å². The van der Waals surface area contributed by atoms with Crippen LogP contribution in [0.3, 0.4) is 0 Å². The van der Waals surface area contributed by atoms with Crippen molar-refractivity contribution in [3.05, 3.63) is 35.9 Å². The van der Waals surface area contributed by atoms with E-state index >= 15 is 0 Å². The molecule has 0 spiro atoms. The number of rotatable bonds is 4. The van der Waals surface area contributed by atoms with Gasteiger partial charge in [0.05, 0.1) is 13.3 Å². The minimum atomic E-state index is 0.679. The first-order chi connectivity index (χ1) is 7.88. The molecular formula is C13H20N2O. The van der Waals surface area contributed by atoms with E-state index in [1.807, 2.05) is 18.2 Å². The first-order valence-electron chi connectivity index (χ1n) is 6.02. The monoisotopic (exact) mass is 220 g/mol. The SMILES string of the molecule is CCN1CCCN(OCc2ccccc2)C1. The van der Waals surface area contributed by atoms with Gasteiger partial charge in [0.1, 0.15) is 0 Å². The van der Waals surface area contributed by atoms with Crippen molar-refractivity contribution in [2.45, 2.75) is 20.0 Å². The normalized spacial score (nSPS) is 18.8. The maximum atomic E-state index is 5.79. The van der Waals surface area contributed by atoms with Crippen LogP contribution in [-0.2, 0) is 11.4 Å². The molecule has 1 fully saturated rings. The van der Waals surface area contributed by atoms with Crippen molar-refractivity contribution < 1.29 is 4.84 Å². The van der Waals surface area contributed by atoms with E-state index in [0.717, 1.165) is 19.8 Å². The standard InChI is InChI=1S/C13H20N2O/c1-2-14-9-6-10-15(12-14)16-11-13-7-4-3-5-8-13/h3-5,7-8H,2,6,9-12H2,1H3. The highest BCUT2D eigenvalue weighted by Gasteiger charge is 2.16. The summed E-state index contributed by atoms with van der Waals surface area (Å²) in [5.74, 6) is 0.